The number of carbonyl (C=O) groups is 1. The quantitative estimate of drug-likeness (QED) is 0.918. The van der Waals surface area contributed by atoms with E-state index in [1.54, 1.807) is 10.9 Å². The molecule has 1 saturated heterocycles. The first kappa shape index (κ1) is 15.0. The average molecular weight is 317 g/mol. The highest BCUT2D eigenvalue weighted by Gasteiger charge is 2.42. The van der Waals surface area contributed by atoms with Crippen LogP contribution >= 0.6 is 0 Å². The highest BCUT2D eigenvalue weighted by molar-refractivity contribution is 5.74. The Morgan fingerprint density at radius 2 is 2.09 bits per heavy atom. The van der Waals surface area contributed by atoms with Gasteiger partial charge in [-0.3, -0.25) is 9.58 Å². The van der Waals surface area contributed by atoms with E-state index in [4.69, 9.17) is 0 Å². The van der Waals surface area contributed by atoms with Crippen molar-refractivity contribution in [2.24, 2.45) is 18.9 Å². The third-order valence-electron chi connectivity index (χ3n) is 5.97. The summed E-state index contributed by atoms with van der Waals surface area (Å²) in [7, 11) is 1.89. The summed E-state index contributed by atoms with van der Waals surface area (Å²) in [4.78, 5) is 16.9. The van der Waals surface area contributed by atoms with Gasteiger partial charge < -0.3 is 10.2 Å². The van der Waals surface area contributed by atoms with E-state index in [0.29, 0.717) is 6.54 Å². The predicted octanol–water partition coefficient (Wildman–Crippen LogP) is 1.44. The number of aromatic nitrogens is 2. The van der Waals surface area contributed by atoms with E-state index in [0.717, 1.165) is 49.6 Å². The monoisotopic (exact) mass is 317 g/mol. The highest BCUT2D eigenvalue weighted by atomic mass is 16.2. The molecule has 3 atom stereocenters. The van der Waals surface area contributed by atoms with Gasteiger partial charge in [0.2, 0.25) is 0 Å². The number of hydrogen-bond acceptors (Lipinski definition) is 3. The Balaban J connectivity index is 1.23. The molecule has 3 aliphatic rings. The van der Waals surface area contributed by atoms with Crippen LogP contribution in [-0.4, -0.2) is 57.8 Å². The van der Waals surface area contributed by atoms with E-state index in [9.17, 15) is 4.79 Å². The van der Waals surface area contributed by atoms with Gasteiger partial charge in [-0.25, -0.2) is 4.79 Å². The molecule has 6 nitrogen and oxygen atoms in total. The summed E-state index contributed by atoms with van der Waals surface area (Å²) in [6.45, 7) is 4.33. The van der Waals surface area contributed by atoms with Gasteiger partial charge in [0.25, 0.3) is 0 Å². The van der Waals surface area contributed by atoms with Crippen LogP contribution in [0.25, 0.3) is 0 Å². The molecule has 126 valence electrons. The van der Waals surface area contributed by atoms with Crippen LogP contribution in [0.4, 0.5) is 4.79 Å². The van der Waals surface area contributed by atoms with Crippen molar-refractivity contribution >= 4 is 6.03 Å². The van der Waals surface area contributed by atoms with Crippen molar-refractivity contribution in [1.29, 1.82) is 0 Å². The van der Waals surface area contributed by atoms with E-state index >= 15 is 0 Å². The van der Waals surface area contributed by atoms with E-state index < -0.39 is 0 Å². The zero-order valence-corrected chi connectivity index (χ0v) is 13.9. The summed E-state index contributed by atoms with van der Waals surface area (Å²) in [6.07, 6.45) is 9.48. The number of carbonyl (C=O) groups excluding carboxylic acids is 1. The fraction of sp³-hybridized carbons (Fsp3) is 0.765. The Bertz CT molecular complexity index is 563. The first-order valence-corrected chi connectivity index (χ1v) is 8.93. The fourth-order valence-corrected chi connectivity index (χ4v) is 4.77. The average Bonchev–Trinajstić information content (AvgIpc) is 3.29. The first-order chi connectivity index (χ1) is 11.2. The smallest absolute Gasteiger partial charge is 0.317 e. The third-order valence-corrected chi connectivity index (χ3v) is 5.97. The number of urea groups is 1. The number of amides is 2. The molecular formula is C17H27N5O. The molecule has 1 aromatic heterocycles. The molecular weight excluding hydrogens is 290 g/mol. The largest absolute Gasteiger partial charge is 0.334 e. The molecule has 1 N–H and O–H groups in total. The molecule has 1 aliphatic heterocycles. The van der Waals surface area contributed by atoms with E-state index in [-0.39, 0.29) is 6.03 Å². The molecule has 0 aromatic carbocycles. The van der Waals surface area contributed by atoms with Crippen molar-refractivity contribution in [3.63, 3.8) is 0 Å². The zero-order chi connectivity index (χ0) is 15.8. The molecule has 2 bridgehead atoms. The lowest BCUT2D eigenvalue weighted by Gasteiger charge is -2.40. The summed E-state index contributed by atoms with van der Waals surface area (Å²) in [5, 5.41) is 7.13. The van der Waals surface area contributed by atoms with Gasteiger partial charge in [0.1, 0.15) is 0 Å². The van der Waals surface area contributed by atoms with E-state index in [1.165, 1.54) is 25.7 Å². The van der Waals surface area contributed by atoms with Crippen LogP contribution in [0, 0.1) is 11.8 Å². The SMILES string of the molecule is Cn1cc(CNC(=O)N2CCN([C@H]3C[C@H]4CC[C@@H]3C4)CC2)cn1. The number of hydrogen-bond donors (Lipinski definition) is 1. The van der Waals surface area contributed by atoms with Crippen LogP contribution < -0.4 is 5.32 Å². The predicted molar refractivity (Wildman–Crippen MR) is 87.8 cm³/mol. The molecule has 2 heterocycles. The molecule has 3 fully saturated rings. The van der Waals surface area contributed by atoms with Gasteiger partial charge >= 0.3 is 6.03 Å². The molecule has 2 saturated carbocycles. The van der Waals surface area contributed by atoms with Gasteiger partial charge in [-0.1, -0.05) is 6.42 Å². The summed E-state index contributed by atoms with van der Waals surface area (Å²) in [6, 6.07) is 0.857. The number of nitrogens with one attached hydrogen (secondary N) is 1. The van der Waals surface area contributed by atoms with Gasteiger partial charge in [-0.05, 0) is 31.1 Å². The molecule has 0 unspecified atom stereocenters. The number of aryl methyl sites for hydroxylation is 1. The summed E-state index contributed by atoms with van der Waals surface area (Å²) in [5.41, 5.74) is 1.04. The van der Waals surface area contributed by atoms with Crippen LogP contribution in [-0.2, 0) is 13.6 Å². The Morgan fingerprint density at radius 1 is 1.26 bits per heavy atom. The van der Waals surface area contributed by atoms with Crippen LogP contribution in [0.1, 0.15) is 31.2 Å². The fourth-order valence-electron chi connectivity index (χ4n) is 4.77. The second-order valence-electron chi connectivity index (χ2n) is 7.45. The minimum Gasteiger partial charge on any atom is -0.334 e. The van der Waals surface area contributed by atoms with Gasteiger partial charge in [0.05, 0.1) is 6.20 Å². The van der Waals surface area contributed by atoms with Crippen molar-refractivity contribution in [2.75, 3.05) is 26.2 Å². The summed E-state index contributed by atoms with van der Waals surface area (Å²) < 4.78 is 1.76. The lowest BCUT2D eigenvalue weighted by Crippen LogP contribution is -2.55. The van der Waals surface area contributed by atoms with Crippen molar-refractivity contribution in [2.45, 2.75) is 38.3 Å². The van der Waals surface area contributed by atoms with Crippen molar-refractivity contribution in [1.82, 2.24) is 24.9 Å². The molecule has 2 aliphatic carbocycles. The maximum atomic E-state index is 12.3. The lowest BCUT2D eigenvalue weighted by atomic mass is 9.93. The second kappa shape index (κ2) is 6.15. The molecule has 2 amide bonds. The van der Waals surface area contributed by atoms with Crippen molar-refractivity contribution < 1.29 is 4.79 Å². The normalized spacial score (nSPS) is 30.8. The summed E-state index contributed by atoms with van der Waals surface area (Å²) in [5.74, 6) is 1.93. The highest BCUT2D eigenvalue weighted by Crippen LogP contribution is 2.46. The minimum atomic E-state index is 0.0569. The number of rotatable bonds is 3. The summed E-state index contributed by atoms with van der Waals surface area (Å²) >= 11 is 0. The molecule has 4 rings (SSSR count). The standard InChI is InChI=1S/C17H27N5O/c1-20-12-14(11-19-20)10-18-17(23)22-6-4-21(5-7-22)16-9-13-2-3-15(16)8-13/h11-13,15-16H,2-10H2,1H3,(H,18,23)/t13-,15+,16-/m0/s1. The number of piperazine rings is 1. The maximum Gasteiger partial charge on any atom is 0.317 e. The Hall–Kier alpha value is -1.56. The Kier molecular flexibility index (Phi) is 4.01. The third kappa shape index (κ3) is 3.09. The minimum absolute atomic E-state index is 0.0569. The number of fused-ring (bicyclic) bond motifs is 2. The van der Waals surface area contributed by atoms with E-state index in [2.05, 4.69) is 15.3 Å². The maximum absolute atomic E-state index is 12.3. The Labute approximate surface area is 137 Å². The van der Waals surface area contributed by atoms with Crippen LogP contribution in [0.5, 0.6) is 0 Å². The lowest BCUT2D eigenvalue weighted by molar-refractivity contribution is 0.0826. The first-order valence-electron chi connectivity index (χ1n) is 8.93. The van der Waals surface area contributed by atoms with Crippen LogP contribution in [0.15, 0.2) is 12.4 Å². The van der Waals surface area contributed by atoms with Crippen LogP contribution in [0.2, 0.25) is 0 Å². The molecule has 23 heavy (non-hydrogen) atoms. The van der Waals surface area contributed by atoms with Gasteiger partial charge in [-0.2, -0.15) is 5.10 Å². The molecule has 0 spiro atoms. The molecule has 0 radical (unpaired) electrons. The van der Waals surface area contributed by atoms with Gasteiger partial charge in [-0.15, -0.1) is 0 Å². The second-order valence-corrected chi connectivity index (χ2v) is 7.45. The van der Waals surface area contributed by atoms with E-state index in [1.807, 2.05) is 18.1 Å². The molecule has 6 heteroatoms. The molecule has 1 aromatic rings. The van der Waals surface area contributed by atoms with Gasteiger partial charge in [0.15, 0.2) is 0 Å². The van der Waals surface area contributed by atoms with Crippen molar-refractivity contribution in [3.05, 3.63) is 18.0 Å². The topological polar surface area (TPSA) is 53.4 Å². The van der Waals surface area contributed by atoms with Crippen molar-refractivity contribution in [3.8, 4) is 0 Å². The zero-order valence-electron chi connectivity index (χ0n) is 13.9. The van der Waals surface area contributed by atoms with Gasteiger partial charge in [0, 0.05) is 57.6 Å². The number of nitrogens with zero attached hydrogens (tertiary/aromatic N) is 4. The Morgan fingerprint density at radius 3 is 2.70 bits per heavy atom. The van der Waals surface area contributed by atoms with Crippen LogP contribution in [0.3, 0.4) is 0 Å².